The van der Waals surface area contributed by atoms with Crippen molar-refractivity contribution >= 4 is 0 Å². The maximum absolute atomic E-state index is 9.94. The summed E-state index contributed by atoms with van der Waals surface area (Å²) in [6.07, 6.45) is 2.44. The highest BCUT2D eigenvalue weighted by atomic mass is 16.3. The van der Waals surface area contributed by atoms with Crippen molar-refractivity contribution in [3.63, 3.8) is 0 Å². The second-order valence-corrected chi connectivity index (χ2v) is 7.01. The van der Waals surface area contributed by atoms with Crippen molar-refractivity contribution in [1.29, 1.82) is 0 Å². The summed E-state index contributed by atoms with van der Waals surface area (Å²) in [7, 11) is 0. The minimum atomic E-state index is -0.330. The Hall–Kier alpha value is -0.300. The molecule has 1 atom stereocenters. The molecular formula is C14H28O. The Bertz CT molecular complexity index is 202. The highest BCUT2D eigenvalue weighted by Crippen LogP contribution is 2.28. The summed E-state index contributed by atoms with van der Waals surface area (Å²) in [5.41, 5.74) is 1.50. The first-order valence-corrected chi connectivity index (χ1v) is 5.87. The zero-order valence-corrected chi connectivity index (χ0v) is 11.4. The average Bonchev–Trinajstić information content (AvgIpc) is 1.95. The second-order valence-electron chi connectivity index (χ2n) is 7.01. The van der Waals surface area contributed by atoms with Gasteiger partial charge in [0.2, 0.25) is 0 Å². The Kier molecular flexibility index (Phi) is 5.05. The Morgan fingerprint density at radius 3 is 1.87 bits per heavy atom. The van der Waals surface area contributed by atoms with Crippen LogP contribution in [-0.2, 0) is 0 Å². The highest BCUT2D eigenvalue weighted by molar-refractivity contribution is 5.04. The zero-order chi connectivity index (χ0) is 12.3. The van der Waals surface area contributed by atoms with Crippen molar-refractivity contribution in [3.05, 3.63) is 12.2 Å². The summed E-state index contributed by atoms with van der Waals surface area (Å²) >= 11 is 0. The van der Waals surface area contributed by atoms with Gasteiger partial charge in [0, 0.05) is 0 Å². The maximum atomic E-state index is 9.94. The lowest BCUT2D eigenvalue weighted by Gasteiger charge is -2.25. The lowest BCUT2D eigenvalue weighted by molar-refractivity contribution is 0.167. The fraction of sp³-hybridized carbons (Fsp3) is 0.857. The Labute approximate surface area is 95.6 Å². The van der Waals surface area contributed by atoms with Crippen LogP contribution in [0.5, 0.6) is 0 Å². The van der Waals surface area contributed by atoms with Crippen molar-refractivity contribution < 1.29 is 5.11 Å². The molecule has 1 nitrogen and oxygen atoms in total. The second kappa shape index (κ2) is 5.16. The first-order valence-electron chi connectivity index (χ1n) is 5.87. The molecule has 90 valence electrons. The van der Waals surface area contributed by atoms with Crippen LogP contribution in [-0.4, -0.2) is 11.2 Å². The van der Waals surface area contributed by atoms with Gasteiger partial charge in [0.05, 0.1) is 6.10 Å². The smallest absolute Gasteiger partial charge is 0.0747 e. The van der Waals surface area contributed by atoms with Gasteiger partial charge in [-0.3, -0.25) is 0 Å². The zero-order valence-electron chi connectivity index (χ0n) is 11.4. The fourth-order valence-electron chi connectivity index (χ4n) is 1.57. The highest BCUT2D eigenvalue weighted by Gasteiger charge is 2.19. The summed E-state index contributed by atoms with van der Waals surface area (Å²) in [4.78, 5) is 0. The van der Waals surface area contributed by atoms with Crippen LogP contribution in [0.1, 0.15) is 60.8 Å². The van der Waals surface area contributed by atoms with Crippen molar-refractivity contribution in [1.82, 2.24) is 0 Å². The van der Waals surface area contributed by atoms with E-state index in [1.807, 2.05) is 0 Å². The van der Waals surface area contributed by atoms with Crippen LogP contribution in [0, 0.1) is 10.8 Å². The van der Waals surface area contributed by atoms with Gasteiger partial charge in [0.25, 0.3) is 0 Å². The van der Waals surface area contributed by atoms with E-state index >= 15 is 0 Å². The van der Waals surface area contributed by atoms with Gasteiger partial charge in [-0.1, -0.05) is 48.1 Å². The molecule has 1 unspecified atom stereocenters. The van der Waals surface area contributed by atoms with Crippen LogP contribution in [0.25, 0.3) is 0 Å². The fourth-order valence-corrected chi connectivity index (χ4v) is 1.57. The normalized spacial score (nSPS) is 15.1. The maximum Gasteiger partial charge on any atom is 0.0747 e. The van der Waals surface area contributed by atoms with Gasteiger partial charge in [-0.15, -0.1) is 0 Å². The molecule has 0 aliphatic rings. The molecule has 1 N–H and O–H groups in total. The standard InChI is InChI=1S/C14H28O/c1-11(10-14(5,6)7)12(15)8-9-13(2,3)4/h12,15H,1,8-10H2,2-7H3. The minimum Gasteiger partial charge on any atom is -0.389 e. The molecule has 0 aliphatic heterocycles. The number of aliphatic hydroxyl groups is 1. The van der Waals surface area contributed by atoms with E-state index in [1.165, 1.54) is 0 Å². The van der Waals surface area contributed by atoms with Gasteiger partial charge < -0.3 is 5.11 Å². The molecule has 0 amide bonds. The number of hydrogen-bond acceptors (Lipinski definition) is 1. The molecule has 0 fully saturated rings. The van der Waals surface area contributed by atoms with E-state index in [0.29, 0.717) is 5.41 Å². The molecule has 0 spiro atoms. The molecule has 0 heterocycles. The van der Waals surface area contributed by atoms with Gasteiger partial charge in [0.15, 0.2) is 0 Å². The van der Waals surface area contributed by atoms with Gasteiger partial charge in [-0.25, -0.2) is 0 Å². The van der Waals surface area contributed by atoms with Crippen LogP contribution in [0.15, 0.2) is 12.2 Å². The molecule has 15 heavy (non-hydrogen) atoms. The predicted octanol–water partition coefficient (Wildman–Crippen LogP) is 4.17. The van der Waals surface area contributed by atoms with E-state index in [0.717, 1.165) is 24.8 Å². The molecule has 1 heteroatoms. The van der Waals surface area contributed by atoms with Crippen LogP contribution in [0.4, 0.5) is 0 Å². The van der Waals surface area contributed by atoms with Crippen molar-refractivity contribution in [3.8, 4) is 0 Å². The van der Waals surface area contributed by atoms with Crippen LogP contribution in [0.2, 0.25) is 0 Å². The Morgan fingerprint density at radius 1 is 1.07 bits per heavy atom. The molecule has 0 aromatic heterocycles. The SMILES string of the molecule is C=C(CC(C)(C)C)C(O)CCC(C)(C)C. The topological polar surface area (TPSA) is 20.2 Å². The monoisotopic (exact) mass is 212 g/mol. The summed E-state index contributed by atoms with van der Waals surface area (Å²) in [6, 6.07) is 0. The summed E-state index contributed by atoms with van der Waals surface area (Å²) < 4.78 is 0. The first-order chi connectivity index (χ1) is 6.51. The third-order valence-corrected chi connectivity index (χ3v) is 2.40. The van der Waals surface area contributed by atoms with E-state index in [4.69, 9.17) is 0 Å². The van der Waals surface area contributed by atoms with Gasteiger partial charge in [-0.2, -0.15) is 0 Å². The summed E-state index contributed by atoms with van der Waals surface area (Å²) in [5, 5.41) is 9.94. The van der Waals surface area contributed by atoms with Gasteiger partial charge >= 0.3 is 0 Å². The quantitative estimate of drug-likeness (QED) is 0.694. The summed E-state index contributed by atoms with van der Waals surface area (Å²) in [6.45, 7) is 17.1. The lowest BCUT2D eigenvalue weighted by atomic mass is 9.83. The molecule has 0 bridgehead atoms. The van der Waals surface area contributed by atoms with E-state index < -0.39 is 0 Å². The average molecular weight is 212 g/mol. The van der Waals surface area contributed by atoms with Gasteiger partial charge in [0.1, 0.15) is 0 Å². The number of hydrogen-bond donors (Lipinski definition) is 1. The number of aliphatic hydroxyl groups excluding tert-OH is 1. The molecule has 0 rings (SSSR count). The third kappa shape index (κ3) is 8.68. The predicted molar refractivity (Wildman–Crippen MR) is 67.9 cm³/mol. The van der Waals surface area contributed by atoms with Gasteiger partial charge in [-0.05, 0) is 35.7 Å². The Morgan fingerprint density at radius 2 is 1.53 bits per heavy atom. The van der Waals surface area contributed by atoms with Crippen LogP contribution in [0.3, 0.4) is 0 Å². The first kappa shape index (κ1) is 14.7. The molecule has 0 aromatic rings. The van der Waals surface area contributed by atoms with E-state index in [2.05, 4.69) is 48.1 Å². The van der Waals surface area contributed by atoms with Crippen molar-refractivity contribution in [2.24, 2.45) is 10.8 Å². The molecule has 0 saturated carbocycles. The van der Waals surface area contributed by atoms with Crippen molar-refractivity contribution in [2.45, 2.75) is 66.9 Å². The third-order valence-electron chi connectivity index (χ3n) is 2.40. The van der Waals surface area contributed by atoms with Crippen LogP contribution < -0.4 is 0 Å². The molecule has 0 radical (unpaired) electrons. The Balaban J connectivity index is 4.01. The van der Waals surface area contributed by atoms with Crippen LogP contribution >= 0.6 is 0 Å². The molecule has 0 aromatic carbocycles. The number of rotatable bonds is 4. The summed E-state index contributed by atoms with van der Waals surface area (Å²) in [5.74, 6) is 0. The molecule has 0 aliphatic carbocycles. The largest absolute Gasteiger partial charge is 0.389 e. The van der Waals surface area contributed by atoms with E-state index in [-0.39, 0.29) is 11.5 Å². The van der Waals surface area contributed by atoms with Crippen molar-refractivity contribution in [2.75, 3.05) is 0 Å². The molecule has 0 saturated heterocycles. The lowest BCUT2D eigenvalue weighted by Crippen LogP contribution is -2.18. The van der Waals surface area contributed by atoms with E-state index in [1.54, 1.807) is 0 Å². The van der Waals surface area contributed by atoms with E-state index in [9.17, 15) is 5.11 Å². The molecular weight excluding hydrogens is 184 g/mol. The minimum absolute atomic E-state index is 0.222.